The van der Waals surface area contributed by atoms with E-state index in [1.807, 2.05) is 13.8 Å². The van der Waals surface area contributed by atoms with Crippen LogP contribution in [0.25, 0.3) is 0 Å². The highest BCUT2D eigenvalue weighted by Crippen LogP contribution is 2.22. The number of nitrogens with one attached hydrogen (secondary N) is 2. The van der Waals surface area contributed by atoms with Crippen LogP contribution in [0.4, 0.5) is 5.13 Å². The Balaban J connectivity index is 2.45. The van der Waals surface area contributed by atoms with Gasteiger partial charge in [-0.05, 0) is 0 Å². The first-order valence-electron chi connectivity index (χ1n) is 6.11. The van der Waals surface area contributed by atoms with Gasteiger partial charge in [0, 0.05) is 11.3 Å². The molecule has 6 nitrogen and oxygen atoms in total. The zero-order valence-electron chi connectivity index (χ0n) is 11.9. The smallest absolute Gasteiger partial charge is 0.245 e. The van der Waals surface area contributed by atoms with Gasteiger partial charge in [0.15, 0.2) is 0 Å². The first-order chi connectivity index (χ1) is 8.70. The lowest BCUT2D eigenvalue weighted by atomic mass is 9.96. The third-order valence-electron chi connectivity index (χ3n) is 2.27. The van der Waals surface area contributed by atoms with E-state index in [2.05, 4.69) is 20.8 Å². The molecule has 1 heterocycles. The van der Waals surface area contributed by atoms with E-state index in [0.29, 0.717) is 5.13 Å². The lowest BCUT2D eigenvalue weighted by Crippen LogP contribution is -2.39. The zero-order chi connectivity index (χ0) is 14.6. The maximum atomic E-state index is 11.6. The fourth-order valence-corrected chi connectivity index (χ4v) is 1.87. The molecule has 1 aromatic heterocycles. The molecule has 19 heavy (non-hydrogen) atoms. The minimum Gasteiger partial charge on any atom is -0.347 e. The summed E-state index contributed by atoms with van der Waals surface area (Å²) in [5.41, 5.74) is -0.506. The SMILES string of the molecule is CC(C)c1nnc(NC(=O)CNC(=O)C(C)(C)C)s1. The van der Waals surface area contributed by atoms with Crippen LogP contribution >= 0.6 is 11.3 Å². The summed E-state index contributed by atoms with van der Waals surface area (Å²) in [7, 11) is 0. The number of nitrogens with zero attached hydrogens (tertiary/aromatic N) is 2. The molecule has 7 heteroatoms. The molecule has 1 aromatic rings. The number of carbonyl (C=O) groups excluding carboxylic acids is 2. The minimum atomic E-state index is -0.506. The van der Waals surface area contributed by atoms with Crippen molar-refractivity contribution in [3.05, 3.63) is 5.01 Å². The van der Waals surface area contributed by atoms with Gasteiger partial charge in [-0.25, -0.2) is 0 Å². The molecule has 0 atom stereocenters. The molecule has 0 radical (unpaired) electrons. The topological polar surface area (TPSA) is 84.0 Å². The monoisotopic (exact) mass is 284 g/mol. The number of rotatable bonds is 4. The summed E-state index contributed by atoms with van der Waals surface area (Å²) in [4.78, 5) is 23.2. The third kappa shape index (κ3) is 4.94. The average Bonchev–Trinajstić information content (AvgIpc) is 2.73. The standard InChI is InChI=1S/C12H20N4O2S/c1-7(2)9-15-16-11(19-9)14-8(17)6-13-10(18)12(3,4)5/h7H,6H2,1-5H3,(H,13,18)(H,14,16,17). The molecule has 0 unspecified atom stereocenters. The number of hydrogen-bond acceptors (Lipinski definition) is 5. The Morgan fingerprint density at radius 3 is 2.37 bits per heavy atom. The molecular formula is C12H20N4O2S. The summed E-state index contributed by atoms with van der Waals surface area (Å²) in [6.45, 7) is 9.33. The van der Waals surface area contributed by atoms with Crippen molar-refractivity contribution in [3.63, 3.8) is 0 Å². The first-order valence-corrected chi connectivity index (χ1v) is 6.93. The van der Waals surface area contributed by atoms with E-state index >= 15 is 0 Å². The summed E-state index contributed by atoms with van der Waals surface area (Å²) in [5, 5.41) is 14.4. The lowest BCUT2D eigenvalue weighted by Gasteiger charge is -2.17. The largest absolute Gasteiger partial charge is 0.347 e. The predicted octanol–water partition coefficient (Wildman–Crippen LogP) is 1.76. The highest BCUT2D eigenvalue weighted by molar-refractivity contribution is 7.15. The summed E-state index contributed by atoms with van der Waals surface area (Å²) in [6.07, 6.45) is 0. The van der Waals surface area contributed by atoms with Crippen LogP contribution in [0.3, 0.4) is 0 Å². The second-order valence-corrected chi connectivity index (χ2v) is 6.59. The molecule has 2 N–H and O–H groups in total. The highest BCUT2D eigenvalue weighted by atomic mass is 32.1. The Hall–Kier alpha value is -1.50. The molecular weight excluding hydrogens is 264 g/mol. The van der Waals surface area contributed by atoms with Crippen LogP contribution in [0.5, 0.6) is 0 Å². The second-order valence-electron chi connectivity index (χ2n) is 5.58. The van der Waals surface area contributed by atoms with Crippen molar-refractivity contribution in [3.8, 4) is 0 Å². The van der Waals surface area contributed by atoms with Crippen molar-refractivity contribution < 1.29 is 9.59 Å². The summed E-state index contributed by atoms with van der Waals surface area (Å²) in [5.74, 6) is -0.185. The van der Waals surface area contributed by atoms with Gasteiger partial charge in [-0.1, -0.05) is 46.0 Å². The molecule has 0 aliphatic heterocycles. The summed E-state index contributed by atoms with van der Waals surface area (Å²) < 4.78 is 0. The van der Waals surface area contributed by atoms with Gasteiger partial charge < -0.3 is 5.32 Å². The van der Waals surface area contributed by atoms with Crippen molar-refractivity contribution in [1.82, 2.24) is 15.5 Å². The molecule has 0 spiro atoms. The third-order valence-corrected chi connectivity index (χ3v) is 3.41. The van der Waals surface area contributed by atoms with Crippen molar-refractivity contribution in [2.75, 3.05) is 11.9 Å². The Labute approximate surface area is 117 Å². The molecule has 0 saturated carbocycles. The van der Waals surface area contributed by atoms with Crippen molar-refractivity contribution in [2.45, 2.75) is 40.5 Å². The van der Waals surface area contributed by atoms with Crippen LogP contribution in [-0.4, -0.2) is 28.6 Å². The molecule has 0 aliphatic rings. The Morgan fingerprint density at radius 2 is 1.89 bits per heavy atom. The van der Waals surface area contributed by atoms with Crippen LogP contribution in [0, 0.1) is 5.41 Å². The van der Waals surface area contributed by atoms with Gasteiger partial charge in [0.25, 0.3) is 0 Å². The van der Waals surface area contributed by atoms with Crippen LogP contribution < -0.4 is 10.6 Å². The molecule has 1 rings (SSSR count). The van der Waals surface area contributed by atoms with Crippen LogP contribution in [0.1, 0.15) is 45.5 Å². The van der Waals surface area contributed by atoms with E-state index in [1.54, 1.807) is 20.8 Å². The van der Waals surface area contributed by atoms with Crippen LogP contribution in [-0.2, 0) is 9.59 Å². The Morgan fingerprint density at radius 1 is 1.26 bits per heavy atom. The number of aromatic nitrogens is 2. The van der Waals surface area contributed by atoms with Gasteiger partial charge >= 0.3 is 0 Å². The Kier molecular flexibility index (Phi) is 4.99. The summed E-state index contributed by atoms with van der Waals surface area (Å²) >= 11 is 1.34. The normalized spacial score (nSPS) is 11.5. The van der Waals surface area contributed by atoms with E-state index in [-0.39, 0.29) is 24.3 Å². The van der Waals surface area contributed by atoms with E-state index in [4.69, 9.17) is 0 Å². The zero-order valence-corrected chi connectivity index (χ0v) is 12.7. The van der Waals surface area contributed by atoms with Gasteiger partial charge in [-0.15, -0.1) is 10.2 Å². The maximum absolute atomic E-state index is 11.6. The van der Waals surface area contributed by atoms with Crippen molar-refractivity contribution in [2.24, 2.45) is 5.41 Å². The van der Waals surface area contributed by atoms with Crippen molar-refractivity contribution in [1.29, 1.82) is 0 Å². The molecule has 0 saturated heterocycles. The number of hydrogen-bond donors (Lipinski definition) is 2. The predicted molar refractivity (Wildman–Crippen MR) is 75.1 cm³/mol. The fourth-order valence-electron chi connectivity index (χ4n) is 1.11. The van der Waals surface area contributed by atoms with Gasteiger partial charge in [0.2, 0.25) is 16.9 Å². The molecule has 2 amide bonds. The molecule has 0 bridgehead atoms. The molecule has 0 aliphatic carbocycles. The quantitative estimate of drug-likeness (QED) is 0.882. The average molecular weight is 284 g/mol. The van der Waals surface area contributed by atoms with Crippen molar-refractivity contribution >= 4 is 28.3 Å². The van der Waals surface area contributed by atoms with E-state index < -0.39 is 5.41 Å². The first kappa shape index (κ1) is 15.6. The van der Waals surface area contributed by atoms with Gasteiger partial charge in [-0.3, -0.25) is 14.9 Å². The molecule has 0 aromatic carbocycles. The number of anilines is 1. The molecule has 0 fully saturated rings. The van der Waals surface area contributed by atoms with Gasteiger partial charge in [0.05, 0.1) is 6.54 Å². The summed E-state index contributed by atoms with van der Waals surface area (Å²) in [6, 6.07) is 0. The Bertz CT molecular complexity index is 463. The number of carbonyl (C=O) groups is 2. The molecule has 106 valence electrons. The lowest BCUT2D eigenvalue weighted by molar-refractivity contribution is -0.130. The van der Waals surface area contributed by atoms with E-state index in [0.717, 1.165) is 5.01 Å². The second kappa shape index (κ2) is 6.10. The maximum Gasteiger partial charge on any atom is 0.245 e. The highest BCUT2D eigenvalue weighted by Gasteiger charge is 2.21. The minimum absolute atomic E-state index is 0.0628. The van der Waals surface area contributed by atoms with Gasteiger partial charge in [0.1, 0.15) is 5.01 Å². The number of amides is 2. The van der Waals surface area contributed by atoms with E-state index in [1.165, 1.54) is 11.3 Å². The van der Waals surface area contributed by atoms with Gasteiger partial charge in [-0.2, -0.15) is 0 Å². The van der Waals surface area contributed by atoms with Crippen LogP contribution in [0.15, 0.2) is 0 Å². The van der Waals surface area contributed by atoms with E-state index in [9.17, 15) is 9.59 Å². The van der Waals surface area contributed by atoms with Crippen LogP contribution in [0.2, 0.25) is 0 Å². The fraction of sp³-hybridized carbons (Fsp3) is 0.667.